The third kappa shape index (κ3) is 4.51. The van der Waals surface area contributed by atoms with Gasteiger partial charge in [-0.3, -0.25) is 19.3 Å². The molecular weight excluding hydrogens is 469 g/mol. The second-order valence-corrected chi connectivity index (χ2v) is 9.23. The first kappa shape index (κ1) is 23.8. The standard InChI is InChI=1S/C28H23F3N2O3/c29-28(30,31)20-7-4-8-21(16-20)32-25(34)18-9-12-22(13-10-18)33-26(35)23-14-11-19(15-24(23)27(33)36)17-5-2-1-3-6-17/h1-10,12-13,16,19,23-24H,11,14-15H2,(H,32,34). The quantitative estimate of drug-likeness (QED) is 0.452. The van der Waals surface area contributed by atoms with Crippen LogP contribution in [-0.2, 0) is 15.8 Å². The molecule has 3 amide bonds. The van der Waals surface area contributed by atoms with Crippen LogP contribution in [0, 0.1) is 11.8 Å². The molecule has 1 saturated carbocycles. The van der Waals surface area contributed by atoms with Crippen LogP contribution in [-0.4, -0.2) is 17.7 Å². The van der Waals surface area contributed by atoms with E-state index in [2.05, 4.69) is 5.32 Å². The lowest BCUT2D eigenvalue weighted by atomic mass is 9.73. The summed E-state index contributed by atoms with van der Waals surface area (Å²) >= 11 is 0. The van der Waals surface area contributed by atoms with Gasteiger partial charge in [0.15, 0.2) is 0 Å². The number of amides is 3. The van der Waals surface area contributed by atoms with Crippen molar-refractivity contribution in [3.8, 4) is 0 Å². The maximum atomic E-state index is 13.2. The Balaban J connectivity index is 1.29. The number of anilines is 2. The lowest BCUT2D eigenvalue weighted by molar-refractivity contribution is -0.137. The van der Waals surface area contributed by atoms with Gasteiger partial charge >= 0.3 is 6.18 Å². The Hall–Kier alpha value is -3.94. The third-order valence-electron chi connectivity index (χ3n) is 7.03. The van der Waals surface area contributed by atoms with Crippen molar-refractivity contribution in [3.05, 3.63) is 95.6 Å². The highest BCUT2D eigenvalue weighted by molar-refractivity contribution is 6.22. The van der Waals surface area contributed by atoms with E-state index in [4.69, 9.17) is 0 Å². The highest BCUT2D eigenvalue weighted by atomic mass is 19.4. The van der Waals surface area contributed by atoms with Gasteiger partial charge in [0.25, 0.3) is 5.91 Å². The normalized spacial score (nSPS) is 21.9. The second-order valence-electron chi connectivity index (χ2n) is 9.23. The Morgan fingerprint density at radius 2 is 1.53 bits per heavy atom. The predicted octanol–water partition coefficient (Wildman–Crippen LogP) is 6.03. The molecule has 0 aromatic heterocycles. The number of halogens is 3. The minimum Gasteiger partial charge on any atom is -0.322 e. The highest BCUT2D eigenvalue weighted by Crippen LogP contribution is 2.45. The van der Waals surface area contributed by atoms with Crippen molar-refractivity contribution in [2.45, 2.75) is 31.4 Å². The number of fused-ring (bicyclic) bond motifs is 1. The van der Waals surface area contributed by atoms with Gasteiger partial charge in [-0.25, -0.2) is 0 Å². The summed E-state index contributed by atoms with van der Waals surface area (Å²) in [6.45, 7) is 0. The molecule has 3 aromatic rings. The first-order chi connectivity index (χ1) is 17.2. The molecule has 1 saturated heterocycles. The number of imide groups is 1. The molecular formula is C28H23F3N2O3. The van der Waals surface area contributed by atoms with Gasteiger partial charge < -0.3 is 5.32 Å². The molecule has 2 aliphatic rings. The number of hydrogen-bond donors (Lipinski definition) is 1. The molecule has 0 radical (unpaired) electrons. The van der Waals surface area contributed by atoms with Crippen molar-refractivity contribution >= 4 is 29.1 Å². The van der Waals surface area contributed by atoms with E-state index in [1.807, 2.05) is 30.3 Å². The molecule has 5 rings (SSSR count). The predicted molar refractivity (Wildman–Crippen MR) is 128 cm³/mol. The van der Waals surface area contributed by atoms with Gasteiger partial charge in [-0.1, -0.05) is 36.4 Å². The van der Waals surface area contributed by atoms with E-state index in [9.17, 15) is 27.6 Å². The van der Waals surface area contributed by atoms with E-state index in [0.717, 1.165) is 18.6 Å². The molecule has 184 valence electrons. The minimum atomic E-state index is -4.52. The molecule has 2 fully saturated rings. The Labute approximate surface area is 205 Å². The SMILES string of the molecule is O=C(Nc1cccc(C(F)(F)F)c1)c1ccc(N2C(=O)C3CCC(c4ccccc4)CC3C2=O)cc1. The van der Waals surface area contributed by atoms with Crippen LogP contribution in [0.5, 0.6) is 0 Å². The molecule has 3 aromatic carbocycles. The van der Waals surface area contributed by atoms with E-state index in [0.29, 0.717) is 18.5 Å². The molecule has 0 spiro atoms. The number of hydrogen-bond acceptors (Lipinski definition) is 3. The first-order valence-corrected chi connectivity index (χ1v) is 11.7. The molecule has 5 nitrogen and oxygen atoms in total. The Bertz CT molecular complexity index is 1310. The van der Waals surface area contributed by atoms with Gasteiger partial charge in [0.2, 0.25) is 11.8 Å². The number of carbonyl (C=O) groups excluding carboxylic acids is 3. The summed E-state index contributed by atoms with van der Waals surface area (Å²) in [7, 11) is 0. The molecule has 1 aliphatic carbocycles. The average Bonchev–Trinajstić information content (AvgIpc) is 3.13. The van der Waals surface area contributed by atoms with E-state index in [-0.39, 0.29) is 40.8 Å². The van der Waals surface area contributed by atoms with Crippen LogP contribution in [0.15, 0.2) is 78.9 Å². The highest BCUT2D eigenvalue weighted by Gasteiger charge is 2.50. The monoisotopic (exact) mass is 492 g/mol. The Morgan fingerprint density at radius 3 is 2.22 bits per heavy atom. The van der Waals surface area contributed by atoms with E-state index < -0.39 is 17.6 Å². The smallest absolute Gasteiger partial charge is 0.322 e. The number of nitrogens with zero attached hydrogens (tertiary/aromatic N) is 1. The van der Waals surface area contributed by atoms with Crippen LogP contribution in [0.4, 0.5) is 24.5 Å². The summed E-state index contributed by atoms with van der Waals surface area (Å²) in [6.07, 6.45) is -2.42. The van der Waals surface area contributed by atoms with Crippen LogP contribution in [0.25, 0.3) is 0 Å². The van der Waals surface area contributed by atoms with Crippen LogP contribution in [0.3, 0.4) is 0 Å². The van der Waals surface area contributed by atoms with Crippen LogP contribution >= 0.6 is 0 Å². The van der Waals surface area contributed by atoms with Crippen molar-refractivity contribution in [1.82, 2.24) is 0 Å². The van der Waals surface area contributed by atoms with Gasteiger partial charge in [-0.05, 0) is 73.2 Å². The van der Waals surface area contributed by atoms with Crippen LogP contribution in [0.1, 0.15) is 46.7 Å². The lowest BCUT2D eigenvalue weighted by Crippen LogP contribution is -2.30. The lowest BCUT2D eigenvalue weighted by Gasteiger charge is -2.28. The topological polar surface area (TPSA) is 66.5 Å². The maximum absolute atomic E-state index is 13.2. The van der Waals surface area contributed by atoms with Crippen LogP contribution < -0.4 is 10.2 Å². The molecule has 3 unspecified atom stereocenters. The summed E-state index contributed by atoms with van der Waals surface area (Å²) in [5.74, 6) is -1.54. The van der Waals surface area contributed by atoms with Crippen molar-refractivity contribution in [1.29, 1.82) is 0 Å². The van der Waals surface area contributed by atoms with Gasteiger partial charge in [0, 0.05) is 11.3 Å². The molecule has 0 bridgehead atoms. The third-order valence-corrected chi connectivity index (χ3v) is 7.03. The van der Waals surface area contributed by atoms with E-state index >= 15 is 0 Å². The number of benzene rings is 3. The van der Waals surface area contributed by atoms with Gasteiger partial charge in [0.05, 0.1) is 23.1 Å². The maximum Gasteiger partial charge on any atom is 0.416 e. The average molecular weight is 492 g/mol. The fourth-order valence-electron chi connectivity index (χ4n) is 5.20. The molecule has 1 heterocycles. The zero-order chi connectivity index (χ0) is 25.4. The molecule has 8 heteroatoms. The summed E-state index contributed by atoms with van der Waals surface area (Å²) in [5, 5.41) is 2.45. The summed E-state index contributed by atoms with van der Waals surface area (Å²) in [6, 6.07) is 20.3. The number of nitrogens with one attached hydrogen (secondary N) is 1. The summed E-state index contributed by atoms with van der Waals surface area (Å²) < 4.78 is 38.8. The van der Waals surface area contributed by atoms with Gasteiger partial charge in [-0.2, -0.15) is 13.2 Å². The second kappa shape index (κ2) is 9.26. The van der Waals surface area contributed by atoms with Crippen molar-refractivity contribution in [2.75, 3.05) is 10.2 Å². The fraction of sp³-hybridized carbons (Fsp3) is 0.250. The molecule has 36 heavy (non-hydrogen) atoms. The van der Waals surface area contributed by atoms with Crippen molar-refractivity contribution < 1.29 is 27.6 Å². The largest absolute Gasteiger partial charge is 0.416 e. The Morgan fingerprint density at radius 1 is 0.833 bits per heavy atom. The fourth-order valence-corrected chi connectivity index (χ4v) is 5.20. The molecule has 1 aliphatic heterocycles. The zero-order valence-corrected chi connectivity index (χ0v) is 19.2. The molecule has 3 atom stereocenters. The summed E-state index contributed by atoms with van der Waals surface area (Å²) in [4.78, 5) is 40.1. The van der Waals surface area contributed by atoms with Gasteiger partial charge in [0.1, 0.15) is 0 Å². The Kier molecular flexibility index (Phi) is 6.12. The zero-order valence-electron chi connectivity index (χ0n) is 19.2. The van der Waals surface area contributed by atoms with Crippen molar-refractivity contribution in [2.24, 2.45) is 11.8 Å². The number of rotatable bonds is 4. The van der Waals surface area contributed by atoms with Gasteiger partial charge in [-0.15, -0.1) is 0 Å². The van der Waals surface area contributed by atoms with Crippen molar-refractivity contribution in [3.63, 3.8) is 0 Å². The van der Waals surface area contributed by atoms with E-state index in [1.165, 1.54) is 46.9 Å². The first-order valence-electron chi connectivity index (χ1n) is 11.7. The number of alkyl halides is 3. The minimum absolute atomic E-state index is 0.0147. The number of carbonyl (C=O) groups is 3. The van der Waals surface area contributed by atoms with Crippen LogP contribution in [0.2, 0.25) is 0 Å². The summed E-state index contributed by atoms with van der Waals surface area (Å²) in [5.41, 5.74) is 0.896. The molecule has 1 N–H and O–H groups in total. The van der Waals surface area contributed by atoms with E-state index in [1.54, 1.807) is 0 Å².